The highest BCUT2D eigenvalue weighted by Crippen LogP contribution is 2.36. The van der Waals surface area contributed by atoms with Gasteiger partial charge in [-0.25, -0.2) is 15.0 Å². The number of benzene rings is 1. The van der Waals surface area contributed by atoms with Crippen molar-refractivity contribution in [2.45, 2.75) is 45.6 Å². The fourth-order valence-corrected chi connectivity index (χ4v) is 5.25. The van der Waals surface area contributed by atoms with Crippen LogP contribution in [0.5, 0.6) is 0 Å². The molecule has 1 saturated carbocycles. The summed E-state index contributed by atoms with van der Waals surface area (Å²) in [5.74, 6) is 2.70. The third-order valence-corrected chi connectivity index (χ3v) is 7.41. The van der Waals surface area contributed by atoms with E-state index >= 15 is 0 Å². The molecule has 0 unspecified atom stereocenters. The molecular weight excluding hydrogens is 452 g/mol. The first-order valence-corrected chi connectivity index (χ1v) is 13.3. The van der Waals surface area contributed by atoms with E-state index in [1.807, 2.05) is 0 Å². The molecule has 0 N–H and O–H groups in total. The highest BCUT2D eigenvalue weighted by Gasteiger charge is 2.28. The van der Waals surface area contributed by atoms with Crippen LogP contribution in [-0.4, -0.2) is 66.8 Å². The summed E-state index contributed by atoms with van der Waals surface area (Å²) in [6.45, 7) is 7.82. The number of anilines is 2. The van der Waals surface area contributed by atoms with Crippen LogP contribution in [0, 0.1) is 12.8 Å². The highest BCUT2D eigenvalue weighted by atomic mass is 16.5. The third-order valence-electron chi connectivity index (χ3n) is 7.41. The van der Waals surface area contributed by atoms with E-state index < -0.39 is 0 Å². The Kier molecular flexibility index (Phi) is 6.63. The molecule has 6 rings (SSSR count). The lowest BCUT2D eigenvalue weighted by atomic mass is 10.0. The van der Waals surface area contributed by atoms with E-state index in [2.05, 4.69) is 51.7 Å². The lowest BCUT2D eigenvalue weighted by molar-refractivity contribution is 0.123. The van der Waals surface area contributed by atoms with E-state index in [9.17, 15) is 0 Å². The molecule has 2 aliphatic heterocycles. The quantitative estimate of drug-likeness (QED) is 0.474. The molecular formula is C28H36N6O2. The number of methoxy groups -OCH3 is 1. The van der Waals surface area contributed by atoms with Crippen molar-refractivity contribution in [1.82, 2.24) is 14.5 Å². The summed E-state index contributed by atoms with van der Waals surface area (Å²) < 4.78 is 13.4. The van der Waals surface area contributed by atoms with Gasteiger partial charge in [-0.15, -0.1) is 0 Å². The van der Waals surface area contributed by atoms with Gasteiger partial charge in [0.15, 0.2) is 11.5 Å². The molecule has 8 heteroatoms. The fourth-order valence-electron chi connectivity index (χ4n) is 5.25. The van der Waals surface area contributed by atoms with Crippen LogP contribution >= 0.6 is 0 Å². The van der Waals surface area contributed by atoms with Gasteiger partial charge in [0, 0.05) is 45.8 Å². The van der Waals surface area contributed by atoms with E-state index in [0.29, 0.717) is 6.61 Å². The Hall–Kier alpha value is -2.97. The fraction of sp³-hybridized carbons (Fsp3) is 0.536. The molecule has 1 aromatic carbocycles. The summed E-state index contributed by atoms with van der Waals surface area (Å²) in [6, 6.07) is 10.8. The molecule has 0 spiro atoms. The second-order valence-corrected chi connectivity index (χ2v) is 10.2. The van der Waals surface area contributed by atoms with Gasteiger partial charge in [0.2, 0.25) is 0 Å². The second kappa shape index (κ2) is 10.2. The number of aryl methyl sites for hydroxylation is 1. The minimum Gasteiger partial charge on any atom is -0.384 e. The molecule has 1 saturated heterocycles. The van der Waals surface area contributed by atoms with Crippen molar-refractivity contribution in [3.05, 3.63) is 47.3 Å². The molecule has 190 valence electrons. The van der Waals surface area contributed by atoms with E-state index in [0.717, 1.165) is 98.8 Å². The lowest BCUT2D eigenvalue weighted by Crippen LogP contribution is -2.36. The molecule has 0 radical (unpaired) electrons. The first-order chi connectivity index (χ1) is 17.7. The zero-order chi connectivity index (χ0) is 24.5. The Balaban J connectivity index is 1.46. The number of rotatable bonds is 8. The van der Waals surface area contributed by atoms with Crippen LogP contribution < -0.4 is 9.91 Å². The van der Waals surface area contributed by atoms with Gasteiger partial charge in [0.1, 0.15) is 11.3 Å². The van der Waals surface area contributed by atoms with Gasteiger partial charge in [-0.1, -0.05) is 29.8 Å². The summed E-state index contributed by atoms with van der Waals surface area (Å²) >= 11 is 0. The van der Waals surface area contributed by atoms with Crippen molar-refractivity contribution >= 4 is 28.4 Å². The molecule has 4 heterocycles. The van der Waals surface area contributed by atoms with Crippen molar-refractivity contribution in [2.24, 2.45) is 11.0 Å². The number of aromatic nitrogens is 3. The summed E-state index contributed by atoms with van der Waals surface area (Å²) in [5, 5.41) is 7.22. The normalized spacial score (nSPS) is 18.7. The van der Waals surface area contributed by atoms with Crippen LogP contribution in [0.15, 0.2) is 35.4 Å². The minimum absolute atomic E-state index is 0.657. The molecule has 0 amide bonds. The highest BCUT2D eigenvalue weighted by molar-refractivity contribution is 6.01. The zero-order valence-corrected chi connectivity index (χ0v) is 21.4. The predicted molar refractivity (Wildman–Crippen MR) is 143 cm³/mol. The Labute approximate surface area is 212 Å². The summed E-state index contributed by atoms with van der Waals surface area (Å²) in [5.41, 5.74) is 6.71. The van der Waals surface area contributed by atoms with Gasteiger partial charge in [0.05, 0.1) is 31.2 Å². The van der Waals surface area contributed by atoms with Gasteiger partial charge < -0.3 is 18.9 Å². The Morgan fingerprint density at radius 3 is 2.72 bits per heavy atom. The van der Waals surface area contributed by atoms with E-state index in [1.54, 1.807) is 7.11 Å². The minimum atomic E-state index is 0.657. The summed E-state index contributed by atoms with van der Waals surface area (Å²) in [6.07, 6.45) is 5.40. The van der Waals surface area contributed by atoms with Crippen LogP contribution in [0.4, 0.5) is 11.5 Å². The predicted octanol–water partition coefficient (Wildman–Crippen LogP) is 4.18. The van der Waals surface area contributed by atoms with Crippen molar-refractivity contribution < 1.29 is 9.47 Å². The molecule has 2 fully saturated rings. The number of fused-ring (bicyclic) bond motifs is 1. The summed E-state index contributed by atoms with van der Waals surface area (Å²) in [7, 11) is 1.75. The topological polar surface area (TPSA) is 68.0 Å². The number of hydrazone groups is 1. The van der Waals surface area contributed by atoms with Gasteiger partial charge in [-0.3, -0.25) is 0 Å². The average molecular weight is 489 g/mol. The van der Waals surface area contributed by atoms with E-state index in [-0.39, 0.29) is 0 Å². The Morgan fingerprint density at radius 2 is 1.94 bits per heavy atom. The van der Waals surface area contributed by atoms with Crippen LogP contribution in [0.3, 0.4) is 0 Å². The second-order valence-electron chi connectivity index (χ2n) is 10.2. The van der Waals surface area contributed by atoms with Crippen molar-refractivity contribution in [3.8, 4) is 0 Å². The third kappa shape index (κ3) is 4.84. The maximum Gasteiger partial charge on any atom is 0.164 e. The van der Waals surface area contributed by atoms with Crippen LogP contribution in [0.2, 0.25) is 0 Å². The number of imidazole rings is 1. The van der Waals surface area contributed by atoms with Gasteiger partial charge >= 0.3 is 0 Å². The molecule has 1 aliphatic carbocycles. The first kappa shape index (κ1) is 23.4. The van der Waals surface area contributed by atoms with Gasteiger partial charge in [-0.05, 0) is 44.1 Å². The van der Waals surface area contributed by atoms with E-state index in [4.69, 9.17) is 24.5 Å². The van der Waals surface area contributed by atoms with Gasteiger partial charge in [-0.2, -0.15) is 5.10 Å². The molecule has 36 heavy (non-hydrogen) atoms. The maximum absolute atomic E-state index is 5.66. The molecule has 0 atom stereocenters. The molecule has 8 nitrogen and oxygen atoms in total. The van der Waals surface area contributed by atoms with Crippen LogP contribution in [-0.2, 0) is 22.4 Å². The molecule has 2 aromatic heterocycles. The van der Waals surface area contributed by atoms with Crippen LogP contribution in [0.1, 0.15) is 42.6 Å². The lowest BCUT2D eigenvalue weighted by Gasteiger charge is -2.30. The smallest absolute Gasteiger partial charge is 0.164 e. The number of pyridine rings is 1. The average Bonchev–Trinajstić information content (AvgIpc) is 3.68. The number of hydrogen-bond acceptors (Lipinski definition) is 7. The zero-order valence-electron chi connectivity index (χ0n) is 21.4. The van der Waals surface area contributed by atoms with Crippen molar-refractivity contribution in [3.63, 3.8) is 0 Å². The molecule has 3 aliphatic rings. The standard InChI is InChI=1S/C28H36N6O2/c1-20-5-3-6-22(17-20)23-7-4-11-34(31-23)26-18-24(32-12-15-36-16-13-32)27-28(30-26)33(19-21-8-9-21)25(29-27)10-14-35-2/h3,5-6,17-18,21H,4,7-16,19H2,1-2H3. The van der Waals surface area contributed by atoms with Crippen molar-refractivity contribution in [2.75, 3.05) is 56.5 Å². The van der Waals surface area contributed by atoms with Gasteiger partial charge in [0.25, 0.3) is 0 Å². The monoisotopic (exact) mass is 488 g/mol. The molecule has 0 bridgehead atoms. The Bertz CT molecular complexity index is 1260. The van der Waals surface area contributed by atoms with Crippen molar-refractivity contribution in [1.29, 1.82) is 0 Å². The maximum atomic E-state index is 5.66. The Morgan fingerprint density at radius 1 is 1.08 bits per heavy atom. The van der Waals surface area contributed by atoms with E-state index in [1.165, 1.54) is 24.0 Å². The summed E-state index contributed by atoms with van der Waals surface area (Å²) in [4.78, 5) is 12.8. The SMILES string of the molecule is COCCc1nc2c(N3CCOCC3)cc(N3CCCC(c4cccc(C)c4)=N3)nc2n1CC1CC1. The first-order valence-electron chi connectivity index (χ1n) is 13.3. The van der Waals surface area contributed by atoms with Crippen LogP contribution in [0.25, 0.3) is 11.2 Å². The number of morpholine rings is 1. The molecule has 3 aromatic rings. The number of ether oxygens (including phenoxy) is 2. The number of nitrogens with zero attached hydrogens (tertiary/aromatic N) is 6. The largest absolute Gasteiger partial charge is 0.384 e. The number of hydrogen-bond donors (Lipinski definition) is 0.